The zero-order valence-electron chi connectivity index (χ0n) is 13.4. The predicted octanol–water partition coefficient (Wildman–Crippen LogP) is 1.22. The number of carbonyl (C=O) groups is 1. The first-order chi connectivity index (χ1) is 11.1. The summed E-state index contributed by atoms with van der Waals surface area (Å²) in [5.74, 6) is -0.172. The highest BCUT2D eigenvalue weighted by molar-refractivity contribution is 7.91. The number of aromatic nitrogens is 2. The minimum atomic E-state index is -3.12. The van der Waals surface area contributed by atoms with E-state index in [-0.39, 0.29) is 46.0 Å². The van der Waals surface area contributed by atoms with Crippen LogP contribution >= 0.6 is 23.2 Å². The average Bonchev–Trinajstić information content (AvgIpc) is 2.85. The van der Waals surface area contributed by atoms with Crippen LogP contribution in [0.2, 0.25) is 10.0 Å². The van der Waals surface area contributed by atoms with Gasteiger partial charge in [0.25, 0.3) is 5.56 Å². The third-order valence-electron chi connectivity index (χ3n) is 3.76. The number of sulfone groups is 1. The number of amides is 1. The van der Waals surface area contributed by atoms with Gasteiger partial charge in [0.15, 0.2) is 9.84 Å². The Bertz CT molecular complexity index is 792. The fourth-order valence-corrected chi connectivity index (χ4v) is 4.65. The highest BCUT2D eigenvalue weighted by Crippen LogP contribution is 2.20. The molecule has 1 fully saturated rings. The lowest BCUT2D eigenvalue weighted by Crippen LogP contribution is -2.46. The summed E-state index contributed by atoms with van der Waals surface area (Å²) in [7, 11) is -3.12. The molecule has 0 bridgehead atoms. The summed E-state index contributed by atoms with van der Waals surface area (Å²) in [6, 6.07) is -0.372. The largest absolute Gasteiger partial charge is 0.337 e. The predicted molar refractivity (Wildman–Crippen MR) is 92.1 cm³/mol. The van der Waals surface area contributed by atoms with Gasteiger partial charge in [-0.2, -0.15) is 5.10 Å². The van der Waals surface area contributed by atoms with Crippen LogP contribution in [0, 0.1) is 5.92 Å². The number of rotatable bonds is 5. The van der Waals surface area contributed by atoms with Crippen LogP contribution in [0.1, 0.15) is 20.3 Å². The molecule has 0 unspecified atom stereocenters. The number of halogens is 2. The van der Waals surface area contributed by atoms with E-state index in [4.69, 9.17) is 23.2 Å². The number of hydrogen-bond acceptors (Lipinski definition) is 5. The van der Waals surface area contributed by atoms with Gasteiger partial charge in [-0.25, -0.2) is 13.1 Å². The Balaban J connectivity index is 2.23. The quantitative estimate of drug-likeness (QED) is 0.747. The minimum Gasteiger partial charge on any atom is -0.337 e. The summed E-state index contributed by atoms with van der Waals surface area (Å²) in [4.78, 5) is 26.2. The molecule has 0 aromatic carbocycles. The average molecular weight is 396 g/mol. The van der Waals surface area contributed by atoms with E-state index in [1.165, 1.54) is 11.1 Å². The molecule has 24 heavy (non-hydrogen) atoms. The van der Waals surface area contributed by atoms with Gasteiger partial charge in [-0.1, -0.05) is 37.0 Å². The molecule has 0 aliphatic carbocycles. The molecule has 1 aliphatic heterocycles. The molecule has 1 aliphatic rings. The Morgan fingerprint density at radius 1 is 1.46 bits per heavy atom. The Labute approximate surface area is 150 Å². The zero-order valence-corrected chi connectivity index (χ0v) is 15.7. The van der Waals surface area contributed by atoms with E-state index in [9.17, 15) is 18.0 Å². The smallest absolute Gasteiger partial charge is 0.287 e. The lowest BCUT2D eigenvalue weighted by Gasteiger charge is -2.30. The van der Waals surface area contributed by atoms with Crippen LogP contribution in [-0.2, 0) is 21.2 Å². The first-order valence-corrected chi connectivity index (χ1v) is 10.1. The second-order valence-corrected chi connectivity index (χ2v) is 9.28. The van der Waals surface area contributed by atoms with E-state index in [1.54, 1.807) is 0 Å². The van der Waals surface area contributed by atoms with Crippen molar-refractivity contribution in [2.24, 2.45) is 5.92 Å². The summed E-state index contributed by atoms with van der Waals surface area (Å²) in [5.41, 5.74) is -0.652. The molecule has 2 rings (SSSR count). The molecule has 0 radical (unpaired) electrons. The normalized spacial score (nSPS) is 19.6. The van der Waals surface area contributed by atoms with Crippen molar-refractivity contribution in [2.75, 3.05) is 18.1 Å². The minimum absolute atomic E-state index is 0.0197. The van der Waals surface area contributed by atoms with E-state index in [0.29, 0.717) is 13.0 Å². The molecule has 1 aromatic heterocycles. The van der Waals surface area contributed by atoms with Gasteiger partial charge in [-0.05, 0) is 12.3 Å². The maximum absolute atomic E-state index is 12.6. The Hall–Kier alpha value is -1.12. The highest BCUT2D eigenvalue weighted by atomic mass is 35.5. The Kier molecular flexibility index (Phi) is 5.93. The summed E-state index contributed by atoms with van der Waals surface area (Å²) in [6.07, 6.45) is 1.61. The van der Waals surface area contributed by atoms with Crippen molar-refractivity contribution >= 4 is 38.9 Å². The standard InChI is InChI=1S/C14H19Cl2N3O4S/c1-9(2)6-18(10-3-4-24(22,23)8-10)12(20)7-19-14(21)13(16)11(15)5-17-19/h5,9-10H,3-4,6-8H2,1-2H3/t10-/m1/s1. The molecule has 1 amide bonds. The number of carbonyl (C=O) groups excluding carboxylic acids is 1. The molecule has 0 saturated carbocycles. The van der Waals surface area contributed by atoms with Crippen molar-refractivity contribution in [3.63, 3.8) is 0 Å². The van der Waals surface area contributed by atoms with E-state index in [1.807, 2.05) is 13.8 Å². The van der Waals surface area contributed by atoms with Crippen LogP contribution < -0.4 is 5.56 Å². The third-order valence-corrected chi connectivity index (χ3v) is 6.26. The van der Waals surface area contributed by atoms with Gasteiger partial charge in [-0.3, -0.25) is 9.59 Å². The molecule has 10 heteroatoms. The molecular weight excluding hydrogens is 377 g/mol. The summed E-state index contributed by atoms with van der Waals surface area (Å²) in [6.45, 7) is 3.98. The van der Waals surface area contributed by atoms with Crippen molar-refractivity contribution in [1.29, 1.82) is 0 Å². The maximum Gasteiger partial charge on any atom is 0.287 e. The summed E-state index contributed by atoms with van der Waals surface area (Å²) < 4.78 is 24.4. The third kappa shape index (κ3) is 4.49. The first kappa shape index (κ1) is 19.2. The van der Waals surface area contributed by atoms with Gasteiger partial charge in [0.2, 0.25) is 5.91 Å². The molecule has 134 valence electrons. The molecule has 0 N–H and O–H groups in total. The molecule has 2 heterocycles. The van der Waals surface area contributed by atoms with E-state index in [0.717, 1.165) is 4.68 Å². The topological polar surface area (TPSA) is 89.3 Å². The lowest BCUT2D eigenvalue weighted by molar-refractivity contribution is -0.134. The van der Waals surface area contributed by atoms with Crippen LogP contribution in [0.5, 0.6) is 0 Å². The van der Waals surface area contributed by atoms with Crippen LogP contribution in [0.4, 0.5) is 0 Å². The van der Waals surface area contributed by atoms with Gasteiger partial charge >= 0.3 is 0 Å². The van der Waals surface area contributed by atoms with Gasteiger partial charge in [0, 0.05) is 12.6 Å². The van der Waals surface area contributed by atoms with Gasteiger partial charge in [-0.15, -0.1) is 0 Å². The zero-order chi connectivity index (χ0) is 18.1. The van der Waals surface area contributed by atoms with Crippen molar-refractivity contribution in [1.82, 2.24) is 14.7 Å². The van der Waals surface area contributed by atoms with Crippen molar-refractivity contribution in [3.05, 3.63) is 26.6 Å². The molecule has 1 aromatic rings. The fourth-order valence-electron chi connectivity index (χ4n) is 2.65. The lowest BCUT2D eigenvalue weighted by atomic mass is 10.1. The van der Waals surface area contributed by atoms with Crippen molar-refractivity contribution < 1.29 is 13.2 Å². The van der Waals surface area contributed by atoms with Gasteiger partial charge in [0.05, 0.1) is 22.7 Å². The fraction of sp³-hybridized carbons (Fsp3) is 0.643. The second-order valence-electron chi connectivity index (χ2n) is 6.27. The molecule has 0 spiro atoms. The molecule has 7 nitrogen and oxygen atoms in total. The second kappa shape index (κ2) is 7.41. The number of hydrogen-bond donors (Lipinski definition) is 0. The first-order valence-electron chi connectivity index (χ1n) is 7.51. The summed E-state index contributed by atoms with van der Waals surface area (Å²) in [5, 5.41) is 3.64. The van der Waals surface area contributed by atoms with Gasteiger partial charge in [0.1, 0.15) is 11.6 Å². The Morgan fingerprint density at radius 2 is 2.12 bits per heavy atom. The van der Waals surface area contributed by atoms with Crippen molar-refractivity contribution in [3.8, 4) is 0 Å². The summed E-state index contributed by atoms with van der Waals surface area (Å²) >= 11 is 11.5. The van der Waals surface area contributed by atoms with E-state index in [2.05, 4.69) is 5.10 Å². The number of nitrogens with zero attached hydrogens (tertiary/aromatic N) is 3. The highest BCUT2D eigenvalue weighted by Gasteiger charge is 2.35. The monoisotopic (exact) mass is 395 g/mol. The molecule has 1 atom stereocenters. The SMILES string of the molecule is CC(C)CN(C(=O)Cn1ncc(Cl)c(Cl)c1=O)[C@@H]1CCS(=O)(=O)C1. The maximum atomic E-state index is 12.6. The molecule has 1 saturated heterocycles. The molecular formula is C14H19Cl2N3O4S. The van der Waals surface area contributed by atoms with Gasteiger partial charge < -0.3 is 4.90 Å². The van der Waals surface area contributed by atoms with E-state index < -0.39 is 15.4 Å². The van der Waals surface area contributed by atoms with Crippen LogP contribution in [0.3, 0.4) is 0 Å². The Morgan fingerprint density at radius 3 is 2.67 bits per heavy atom. The van der Waals surface area contributed by atoms with E-state index >= 15 is 0 Å². The van der Waals surface area contributed by atoms with Crippen LogP contribution in [0.25, 0.3) is 0 Å². The van der Waals surface area contributed by atoms with Crippen LogP contribution in [0.15, 0.2) is 11.0 Å². The van der Waals surface area contributed by atoms with Crippen LogP contribution in [-0.4, -0.2) is 53.1 Å². The van der Waals surface area contributed by atoms with Crippen molar-refractivity contribution in [2.45, 2.75) is 32.9 Å².